The molecule has 4 nitrogen and oxygen atoms in total. The van der Waals surface area contributed by atoms with E-state index in [0.717, 1.165) is 30.5 Å². The van der Waals surface area contributed by atoms with Crippen LogP contribution in [-0.2, 0) is 20.1 Å². The number of benzene rings is 3. The molecule has 0 amide bonds. The molecule has 2 aromatic heterocycles. The van der Waals surface area contributed by atoms with E-state index in [9.17, 15) is 18.7 Å². The van der Waals surface area contributed by atoms with Crippen LogP contribution in [0.25, 0.3) is 22.4 Å². The van der Waals surface area contributed by atoms with Gasteiger partial charge in [0.25, 0.3) is 0 Å². The standard InChI is InChI=1S/C32H39NO2.C11H6F2N.Ir/c1-4-6-11-25(5-2)16-18-28(27-12-8-7-9-13-27)17-15-24(3)26-19-21-29(22-20-26)30-14-10-23-33-31(30)32(34)35;12-8-4-5-9(10(13)7-8)11-3-1-2-6-14-11;/h5,7-10,12-14,19-25,28H,2,4,6,11,15-18H2,1,3H3,(H,34,35);1-4,6-7H;/q;-1;. The number of carboxylic acid groups (broad SMARTS) is 1. The van der Waals surface area contributed by atoms with Gasteiger partial charge in [0.1, 0.15) is 0 Å². The normalized spacial score (nSPS) is 12.4. The maximum atomic E-state index is 13.2. The van der Waals surface area contributed by atoms with Crippen molar-refractivity contribution in [3.05, 3.63) is 157 Å². The Hall–Kier alpha value is -4.32. The number of aromatic nitrogens is 2. The number of aromatic carboxylic acids is 1. The van der Waals surface area contributed by atoms with E-state index in [1.165, 1.54) is 49.4 Å². The van der Waals surface area contributed by atoms with Gasteiger partial charge in [-0.25, -0.2) is 9.78 Å². The van der Waals surface area contributed by atoms with Gasteiger partial charge < -0.3 is 10.1 Å². The Morgan fingerprint density at radius 1 is 0.860 bits per heavy atom. The third-order valence-electron chi connectivity index (χ3n) is 8.95. The van der Waals surface area contributed by atoms with E-state index in [1.54, 1.807) is 30.5 Å². The van der Waals surface area contributed by atoms with Gasteiger partial charge in [0.05, 0.1) is 0 Å². The SMILES string of the molecule is C=CC(CCCC)CCC(CCC(C)c1ccc(-c2cccnc2C(=O)O)cc1)c1ccccc1.Fc1c[c-]c(-c2ccccn2)c(F)c1.[Ir]. The van der Waals surface area contributed by atoms with Crippen molar-refractivity contribution in [2.75, 3.05) is 0 Å². The van der Waals surface area contributed by atoms with Gasteiger partial charge in [-0.05, 0) is 84.4 Å². The molecule has 5 rings (SSSR count). The van der Waals surface area contributed by atoms with Crippen molar-refractivity contribution in [1.29, 1.82) is 0 Å². The van der Waals surface area contributed by atoms with Gasteiger partial charge >= 0.3 is 5.97 Å². The second-order valence-corrected chi connectivity index (χ2v) is 12.4. The monoisotopic (exact) mass is 852 g/mol. The van der Waals surface area contributed by atoms with Crippen LogP contribution in [0.1, 0.15) is 92.2 Å². The third kappa shape index (κ3) is 11.9. The summed E-state index contributed by atoms with van der Waals surface area (Å²) in [6.07, 6.45) is 13.6. The molecule has 1 N–H and O–H groups in total. The van der Waals surface area contributed by atoms with Crippen LogP contribution in [-0.4, -0.2) is 21.0 Å². The number of rotatable bonds is 15. The molecule has 7 heteroatoms. The van der Waals surface area contributed by atoms with Crippen molar-refractivity contribution in [2.24, 2.45) is 5.92 Å². The summed E-state index contributed by atoms with van der Waals surface area (Å²) in [5, 5.41) is 9.45. The Morgan fingerprint density at radius 2 is 1.56 bits per heavy atom. The van der Waals surface area contributed by atoms with Gasteiger partial charge in [0, 0.05) is 49.7 Å². The maximum absolute atomic E-state index is 13.2. The fourth-order valence-electron chi connectivity index (χ4n) is 6.03. The van der Waals surface area contributed by atoms with Crippen molar-refractivity contribution >= 4 is 5.97 Å². The quantitative estimate of drug-likeness (QED) is 0.0842. The van der Waals surface area contributed by atoms with E-state index >= 15 is 0 Å². The van der Waals surface area contributed by atoms with Gasteiger partial charge in [0.2, 0.25) is 0 Å². The molecule has 0 fully saturated rings. The van der Waals surface area contributed by atoms with Crippen molar-refractivity contribution in [1.82, 2.24) is 9.97 Å². The minimum Gasteiger partial charge on any atom is -0.476 e. The average Bonchev–Trinajstić information content (AvgIpc) is 3.13. The molecule has 3 unspecified atom stereocenters. The molecular weight excluding hydrogens is 807 g/mol. The Morgan fingerprint density at radius 3 is 2.20 bits per heavy atom. The molecular formula is C43H45F2IrN2O2-. The zero-order valence-corrected chi connectivity index (χ0v) is 31.1. The molecule has 0 aliphatic carbocycles. The van der Waals surface area contributed by atoms with Gasteiger partial charge in [-0.15, -0.1) is 18.7 Å². The van der Waals surface area contributed by atoms with E-state index in [4.69, 9.17) is 0 Å². The summed E-state index contributed by atoms with van der Waals surface area (Å²) in [6.45, 7) is 8.63. The van der Waals surface area contributed by atoms with Gasteiger partial charge in [-0.3, -0.25) is 8.78 Å². The van der Waals surface area contributed by atoms with Crippen LogP contribution >= 0.6 is 0 Å². The van der Waals surface area contributed by atoms with Gasteiger partial charge in [0.15, 0.2) is 5.69 Å². The number of hydrogen-bond donors (Lipinski definition) is 1. The number of pyridine rings is 2. The average molecular weight is 852 g/mol. The van der Waals surface area contributed by atoms with Gasteiger partial charge in [-0.2, -0.15) is 0 Å². The molecule has 0 saturated heterocycles. The van der Waals surface area contributed by atoms with Crippen LogP contribution in [0.15, 0.2) is 122 Å². The smallest absolute Gasteiger partial charge is 0.355 e. The molecule has 2 heterocycles. The first-order chi connectivity index (χ1) is 23.8. The number of unbranched alkanes of at least 4 members (excludes halogenated alkanes) is 1. The number of allylic oxidation sites excluding steroid dienone is 1. The topological polar surface area (TPSA) is 63.1 Å². The fraction of sp³-hybridized carbons (Fsp3) is 0.279. The fourth-order valence-corrected chi connectivity index (χ4v) is 6.03. The van der Waals surface area contributed by atoms with Crippen molar-refractivity contribution in [2.45, 2.75) is 70.6 Å². The van der Waals surface area contributed by atoms with Crippen LogP contribution in [0.5, 0.6) is 0 Å². The summed E-state index contributed by atoms with van der Waals surface area (Å²) >= 11 is 0. The minimum atomic E-state index is -1.00. The molecule has 3 aromatic carbocycles. The predicted octanol–water partition coefficient (Wildman–Crippen LogP) is 11.7. The number of halogens is 2. The van der Waals surface area contributed by atoms with E-state index in [2.05, 4.69) is 85.0 Å². The molecule has 0 saturated carbocycles. The summed E-state index contributed by atoms with van der Waals surface area (Å²) in [6, 6.07) is 32.4. The first-order valence-corrected chi connectivity index (χ1v) is 17.0. The number of hydrogen-bond acceptors (Lipinski definition) is 3. The van der Waals surface area contributed by atoms with E-state index in [1.807, 2.05) is 18.2 Å². The van der Waals surface area contributed by atoms with Crippen molar-refractivity contribution in [3.8, 4) is 22.4 Å². The molecule has 1 radical (unpaired) electrons. The first-order valence-electron chi connectivity index (χ1n) is 17.0. The molecule has 263 valence electrons. The molecule has 0 aliphatic rings. The molecule has 50 heavy (non-hydrogen) atoms. The molecule has 0 spiro atoms. The summed E-state index contributed by atoms with van der Waals surface area (Å²) < 4.78 is 25.8. The van der Waals surface area contributed by atoms with Crippen LogP contribution < -0.4 is 0 Å². The van der Waals surface area contributed by atoms with Gasteiger partial charge in [-0.1, -0.05) is 117 Å². The second-order valence-electron chi connectivity index (χ2n) is 12.4. The Labute approximate surface area is 309 Å². The second kappa shape index (κ2) is 21.0. The molecule has 0 bridgehead atoms. The number of nitrogens with zero attached hydrogens (tertiary/aromatic N) is 2. The van der Waals surface area contributed by atoms with Crippen LogP contribution in [0.4, 0.5) is 8.78 Å². The van der Waals surface area contributed by atoms with E-state index < -0.39 is 17.6 Å². The van der Waals surface area contributed by atoms with Crippen molar-refractivity contribution < 1.29 is 38.8 Å². The maximum Gasteiger partial charge on any atom is 0.355 e. The predicted molar refractivity (Wildman–Crippen MR) is 194 cm³/mol. The van der Waals surface area contributed by atoms with Crippen LogP contribution in [0.3, 0.4) is 0 Å². The summed E-state index contributed by atoms with van der Waals surface area (Å²) in [4.78, 5) is 19.5. The van der Waals surface area contributed by atoms with E-state index in [-0.39, 0.29) is 31.4 Å². The number of carboxylic acids is 1. The van der Waals surface area contributed by atoms with Crippen LogP contribution in [0.2, 0.25) is 0 Å². The third-order valence-corrected chi connectivity index (χ3v) is 8.95. The Kier molecular flexibility index (Phi) is 16.9. The Balaban J connectivity index is 0.000000375. The summed E-state index contributed by atoms with van der Waals surface area (Å²) in [5.74, 6) is -0.701. The molecule has 3 atom stereocenters. The minimum absolute atomic E-state index is 0. The van der Waals surface area contributed by atoms with Crippen LogP contribution in [0, 0.1) is 23.6 Å². The first kappa shape index (κ1) is 40.1. The zero-order chi connectivity index (χ0) is 35.0. The largest absolute Gasteiger partial charge is 0.476 e. The van der Waals surface area contributed by atoms with E-state index in [0.29, 0.717) is 29.0 Å². The summed E-state index contributed by atoms with van der Waals surface area (Å²) in [7, 11) is 0. The molecule has 0 aliphatic heterocycles. The zero-order valence-electron chi connectivity index (χ0n) is 28.7. The number of carbonyl (C=O) groups is 1. The Bertz CT molecular complexity index is 1750. The summed E-state index contributed by atoms with van der Waals surface area (Å²) in [5.41, 5.74) is 4.99. The molecule has 5 aromatic rings. The van der Waals surface area contributed by atoms with Crippen molar-refractivity contribution in [3.63, 3.8) is 0 Å².